The van der Waals surface area contributed by atoms with Crippen LogP contribution in [0.5, 0.6) is 0 Å². The van der Waals surface area contributed by atoms with E-state index in [1.807, 2.05) is 6.20 Å². The lowest BCUT2D eigenvalue weighted by Gasteiger charge is -2.29. The predicted molar refractivity (Wildman–Crippen MR) is 82.6 cm³/mol. The molecule has 0 aliphatic rings. The summed E-state index contributed by atoms with van der Waals surface area (Å²) in [6.45, 7) is 14.5. The van der Waals surface area contributed by atoms with Gasteiger partial charge in [-0.1, -0.05) is 13.8 Å². The highest BCUT2D eigenvalue weighted by Gasteiger charge is 2.32. The first-order chi connectivity index (χ1) is 8.87. The highest BCUT2D eigenvalue weighted by molar-refractivity contribution is 7.11. The fraction of sp³-hybridized carbons (Fsp3) is 0.800. The number of hydrogen-bond acceptors (Lipinski definition) is 4. The van der Waals surface area contributed by atoms with Gasteiger partial charge in [0.1, 0.15) is 10.6 Å². The van der Waals surface area contributed by atoms with E-state index >= 15 is 0 Å². The smallest absolute Gasteiger partial charge is 0.125 e. The first kappa shape index (κ1) is 16.6. The molecule has 0 saturated carbocycles. The van der Waals surface area contributed by atoms with Crippen molar-refractivity contribution in [2.24, 2.45) is 0 Å². The number of rotatable bonds is 7. The van der Waals surface area contributed by atoms with Crippen LogP contribution in [0.3, 0.4) is 0 Å². The van der Waals surface area contributed by atoms with Gasteiger partial charge in [-0.15, -0.1) is 11.3 Å². The van der Waals surface area contributed by atoms with Crippen LogP contribution >= 0.6 is 11.3 Å². The molecule has 0 aliphatic heterocycles. The van der Waals surface area contributed by atoms with Crippen LogP contribution in [0.25, 0.3) is 0 Å². The van der Waals surface area contributed by atoms with E-state index in [0.29, 0.717) is 0 Å². The van der Waals surface area contributed by atoms with Crippen molar-refractivity contribution >= 4 is 11.3 Å². The van der Waals surface area contributed by atoms with Crippen molar-refractivity contribution in [1.82, 2.24) is 10.3 Å². The lowest BCUT2D eigenvalue weighted by Crippen LogP contribution is -2.34. The molecule has 0 amide bonds. The van der Waals surface area contributed by atoms with Gasteiger partial charge in [-0.05, 0) is 40.5 Å². The third-order valence-electron chi connectivity index (χ3n) is 3.30. The Kier molecular flexibility index (Phi) is 5.96. The zero-order valence-corrected chi connectivity index (χ0v) is 14.0. The molecule has 0 fully saturated rings. The van der Waals surface area contributed by atoms with Crippen LogP contribution in [-0.4, -0.2) is 17.1 Å². The van der Waals surface area contributed by atoms with E-state index in [1.165, 1.54) is 4.88 Å². The number of thiazole rings is 1. The second-order valence-electron chi connectivity index (χ2n) is 5.87. The van der Waals surface area contributed by atoms with Crippen LogP contribution in [0.15, 0.2) is 6.20 Å². The Morgan fingerprint density at radius 3 is 2.32 bits per heavy atom. The highest BCUT2D eigenvalue weighted by atomic mass is 32.1. The quantitative estimate of drug-likeness (QED) is 0.819. The Balaban J connectivity index is 2.81. The Hall–Kier alpha value is -0.450. The van der Waals surface area contributed by atoms with Gasteiger partial charge in [-0.2, -0.15) is 0 Å². The minimum Gasteiger partial charge on any atom is -0.368 e. The highest BCUT2D eigenvalue weighted by Crippen LogP contribution is 2.35. The third-order valence-corrected chi connectivity index (χ3v) is 4.48. The van der Waals surface area contributed by atoms with Gasteiger partial charge in [0.25, 0.3) is 0 Å². The van der Waals surface area contributed by atoms with Crippen molar-refractivity contribution < 1.29 is 4.74 Å². The van der Waals surface area contributed by atoms with Crippen LogP contribution in [0.2, 0.25) is 0 Å². The molecule has 110 valence electrons. The van der Waals surface area contributed by atoms with E-state index in [2.05, 4.69) is 51.8 Å². The molecule has 0 atom stereocenters. The monoisotopic (exact) mass is 284 g/mol. The molecular formula is C15H28N2OS. The molecule has 0 aromatic carbocycles. The lowest BCUT2D eigenvalue weighted by molar-refractivity contribution is -0.0506. The average molecular weight is 284 g/mol. The van der Waals surface area contributed by atoms with Crippen molar-refractivity contribution in [3.8, 4) is 0 Å². The topological polar surface area (TPSA) is 34.1 Å². The van der Waals surface area contributed by atoms with E-state index in [9.17, 15) is 0 Å². The van der Waals surface area contributed by atoms with Gasteiger partial charge in [0.2, 0.25) is 0 Å². The van der Waals surface area contributed by atoms with Crippen LogP contribution < -0.4 is 5.32 Å². The van der Waals surface area contributed by atoms with Gasteiger partial charge >= 0.3 is 0 Å². The minimum atomic E-state index is -0.195. The number of nitrogens with one attached hydrogen (secondary N) is 1. The molecular weight excluding hydrogens is 256 g/mol. The second kappa shape index (κ2) is 6.82. The molecule has 0 radical (unpaired) electrons. The summed E-state index contributed by atoms with van der Waals surface area (Å²) in [6, 6.07) is 0. The Labute approximate surface area is 121 Å². The number of ether oxygens (including phenoxy) is 1. The summed E-state index contributed by atoms with van der Waals surface area (Å²) < 4.78 is 6.00. The van der Waals surface area contributed by atoms with Gasteiger partial charge in [0, 0.05) is 29.8 Å². The van der Waals surface area contributed by atoms with Crippen molar-refractivity contribution in [2.45, 2.75) is 72.1 Å². The van der Waals surface area contributed by atoms with Gasteiger partial charge in [-0.3, -0.25) is 0 Å². The molecule has 0 spiro atoms. The first-order valence-electron chi connectivity index (χ1n) is 7.21. The zero-order chi connectivity index (χ0) is 14.5. The van der Waals surface area contributed by atoms with Crippen LogP contribution in [0.4, 0.5) is 0 Å². The molecule has 0 bridgehead atoms. The molecule has 19 heavy (non-hydrogen) atoms. The second-order valence-corrected chi connectivity index (χ2v) is 6.98. The van der Waals surface area contributed by atoms with Crippen LogP contribution in [0.1, 0.15) is 64.3 Å². The van der Waals surface area contributed by atoms with E-state index in [-0.39, 0.29) is 11.1 Å². The van der Waals surface area contributed by atoms with Gasteiger partial charge in [-0.25, -0.2) is 4.98 Å². The van der Waals surface area contributed by atoms with Gasteiger partial charge in [0.05, 0.1) is 0 Å². The Morgan fingerprint density at radius 1 is 1.21 bits per heavy atom. The summed E-state index contributed by atoms with van der Waals surface area (Å²) >= 11 is 1.77. The summed E-state index contributed by atoms with van der Waals surface area (Å²) in [5.41, 5.74) is -0.0595. The predicted octanol–water partition coefficient (Wildman–Crippen LogP) is 4.08. The van der Waals surface area contributed by atoms with E-state index in [0.717, 1.165) is 31.0 Å². The van der Waals surface area contributed by atoms with Crippen molar-refractivity contribution in [2.75, 3.05) is 6.61 Å². The molecule has 3 nitrogen and oxygen atoms in total. The van der Waals surface area contributed by atoms with Crippen molar-refractivity contribution in [3.63, 3.8) is 0 Å². The number of hydrogen-bond donors (Lipinski definition) is 1. The summed E-state index contributed by atoms with van der Waals surface area (Å²) in [5, 5.41) is 4.62. The number of nitrogens with zero attached hydrogens (tertiary/aromatic N) is 1. The van der Waals surface area contributed by atoms with Gasteiger partial charge in [0.15, 0.2) is 0 Å². The van der Waals surface area contributed by atoms with E-state index in [1.54, 1.807) is 11.3 Å². The van der Waals surface area contributed by atoms with Crippen molar-refractivity contribution in [3.05, 3.63) is 16.1 Å². The maximum absolute atomic E-state index is 6.00. The van der Waals surface area contributed by atoms with Gasteiger partial charge < -0.3 is 10.1 Å². The van der Waals surface area contributed by atoms with Crippen molar-refractivity contribution in [1.29, 1.82) is 0 Å². The maximum atomic E-state index is 6.00. The molecule has 1 aromatic heterocycles. The summed E-state index contributed by atoms with van der Waals surface area (Å²) in [6.07, 6.45) is 3.92. The maximum Gasteiger partial charge on any atom is 0.125 e. The summed E-state index contributed by atoms with van der Waals surface area (Å²) in [4.78, 5) is 5.88. The molecule has 1 N–H and O–H groups in total. The minimum absolute atomic E-state index is 0.136. The molecule has 0 unspecified atom stereocenters. The summed E-state index contributed by atoms with van der Waals surface area (Å²) in [5.74, 6) is 0. The molecule has 1 heterocycles. The largest absolute Gasteiger partial charge is 0.368 e. The molecule has 0 saturated heterocycles. The lowest BCUT2D eigenvalue weighted by atomic mass is 9.98. The van der Waals surface area contributed by atoms with E-state index in [4.69, 9.17) is 4.74 Å². The third kappa shape index (κ3) is 4.55. The summed E-state index contributed by atoms with van der Waals surface area (Å²) in [7, 11) is 0. The SMILES string of the molecule is CCOC(CC)(CC)c1ncc(CNC(C)(C)C)s1. The Morgan fingerprint density at radius 2 is 1.84 bits per heavy atom. The fourth-order valence-electron chi connectivity index (χ4n) is 2.05. The standard InChI is InChI=1S/C15H28N2OS/c1-7-15(8-2,18-9-3)13-16-10-12(19-13)11-17-14(4,5)6/h10,17H,7-9,11H2,1-6H3. The van der Waals surface area contributed by atoms with Crippen LogP contribution in [0, 0.1) is 0 Å². The number of aromatic nitrogens is 1. The molecule has 4 heteroatoms. The fourth-order valence-corrected chi connectivity index (χ4v) is 3.18. The molecule has 1 rings (SSSR count). The normalized spacial score (nSPS) is 12.9. The molecule has 0 aliphatic carbocycles. The Bertz CT molecular complexity index is 378. The molecule has 1 aromatic rings. The van der Waals surface area contributed by atoms with Crippen LogP contribution in [-0.2, 0) is 16.9 Å². The average Bonchev–Trinajstić information content (AvgIpc) is 2.82. The van der Waals surface area contributed by atoms with E-state index < -0.39 is 0 Å². The first-order valence-corrected chi connectivity index (χ1v) is 8.02. The zero-order valence-electron chi connectivity index (χ0n) is 13.2.